The van der Waals surface area contributed by atoms with Crippen LogP contribution in [0, 0.1) is 25.2 Å². The molecule has 0 radical (unpaired) electrons. The molecule has 0 bridgehead atoms. The number of nitrogens with zero attached hydrogens (tertiary/aromatic N) is 2. The largest absolute Gasteiger partial charge is 0.351 e. The summed E-state index contributed by atoms with van der Waals surface area (Å²) in [7, 11) is 0. The molecule has 0 atom stereocenters. The first kappa shape index (κ1) is 10.7. The van der Waals surface area contributed by atoms with Gasteiger partial charge in [-0.2, -0.15) is 0 Å². The van der Waals surface area contributed by atoms with Gasteiger partial charge in [-0.05, 0) is 25.7 Å². The molecule has 0 unspecified atom stereocenters. The smallest absolute Gasteiger partial charge is 0.293 e. The maximum absolute atomic E-state index is 12.0. The molecular weight excluding hydrogens is 204 g/mol. The van der Waals surface area contributed by atoms with Crippen molar-refractivity contribution in [1.82, 2.24) is 10.1 Å². The van der Waals surface area contributed by atoms with E-state index in [-0.39, 0.29) is 11.7 Å². The first-order valence-electron chi connectivity index (χ1n) is 5.36. The molecule has 1 fully saturated rings. The van der Waals surface area contributed by atoms with Gasteiger partial charge in [0, 0.05) is 12.6 Å². The van der Waals surface area contributed by atoms with E-state index in [1.54, 1.807) is 17.9 Å². The summed E-state index contributed by atoms with van der Waals surface area (Å²) in [6.07, 6.45) is 7.63. The number of rotatable bonds is 4. The van der Waals surface area contributed by atoms with Crippen LogP contribution in [0.1, 0.15) is 29.1 Å². The van der Waals surface area contributed by atoms with Gasteiger partial charge in [-0.25, -0.2) is 0 Å². The third kappa shape index (κ3) is 2.43. The van der Waals surface area contributed by atoms with Crippen molar-refractivity contribution in [2.75, 3.05) is 13.1 Å². The second-order valence-corrected chi connectivity index (χ2v) is 4.17. The Bertz CT molecular complexity index is 426. The predicted octanol–water partition coefficient (Wildman–Crippen LogP) is 1.47. The molecule has 0 N–H and O–H groups in total. The quantitative estimate of drug-likeness (QED) is 0.719. The van der Waals surface area contributed by atoms with E-state index in [0.717, 1.165) is 6.54 Å². The topological polar surface area (TPSA) is 46.3 Å². The Kier molecular flexibility index (Phi) is 2.95. The van der Waals surface area contributed by atoms with E-state index >= 15 is 0 Å². The van der Waals surface area contributed by atoms with E-state index in [0.29, 0.717) is 18.2 Å². The van der Waals surface area contributed by atoms with Crippen molar-refractivity contribution < 1.29 is 9.32 Å². The van der Waals surface area contributed by atoms with Crippen molar-refractivity contribution in [3.63, 3.8) is 0 Å². The number of carbonyl (C=O) groups is 1. The van der Waals surface area contributed by atoms with Crippen LogP contribution in [-0.2, 0) is 0 Å². The summed E-state index contributed by atoms with van der Waals surface area (Å²) >= 11 is 0. The van der Waals surface area contributed by atoms with Gasteiger partial charge in [-0.1, -0.05) is 11.1 Å². The maximum Gasteiger partial charge on any atom is 0.293 e. The number of carbonyl (C=O) groups excluding carboxylic acids is 1. The van der Waals surface area contributed by atoms with Crippen LogP contribution in [0.5, 0.6) is 0 Å². The molecule has 16 heavy (non-hydrogen) atoms. The van der Waals surface area contributed by atoms with Crippen LogP contribution in [0.3, 0.4) is 0 Å². The molecular formula is C12H14N2O2. The molecule has 1 amide bonds. The fourth-order valence-electron chi connectivity index (χ4n) is 1.56. The van der Waals surface area contributed by atoms with Crippen molar-refractivity contribution in [2.45, 2.75) is 19.8 Å². The molecule has 4 nitrogen and oxygen atoms in total. The average molecular weight is 218 g/mol. The van der Waals surface area contributed by atoms with E-state index in [2.05, 4.69) is 11.1 Å². The van der Waals surface area contributed by atoms with E-state index in [1.807, 2.05) is 0 Å². The molecule has 1 aliphatic rings. The second-order valence-electron chi connectivity index (χ2n) is 4.17. The van der Waals surface area contributed by atoms with Crippen LogP contribution in [0.15, 0.2) is 10.6 Å². The number of aromatic nitrogens is 1. The average Bonchev–Trinajstić information content (AvgIpc) is 2.97. The van der Waals surface area contributed by atoms with Crippen LogP contribution in [0.4, 0.5) is 0 Å². The first-order chi connectivity index (χ1) is 7.70. The highest BCUT2D eigenvalue weighted by Crippen LogP contribution is 2.30. The molecule has 0 aromatic carbocycles. The van der Waals surface area contributed by atoms with Crippen molar-refractivity contribution in [3.8, 4) is 12.3 Å². The predicted molar refractivity (Wildman–Crippen MR) is 58.7 cm³/mol. The summed E-state index contributed by atoms with van der Waals surface area (Å²) in [4.78, 5) is 13.7. The molecule has 1 aromatic rings. The lowest BCUT2D eigenvalue weighted by Crippen LogP contribution is -2.33. The summed E-state index contributed by atoms with van der Waals surface area (Å²) in [6, 6.07) is 1.64. The summed E-state index contributed by atoms with van der Waals surface area (Å²) < 4.78 is 4.95. The van der Waals surface area contributed by atoms with E-state index in [9.17, 15) is 4.79 Å². The molecule has 1 saturated carbocycles. The van der Waals surface area contributed by atoms with Gasteiger partial charge in [-0.3, -0.25) is 4.79 Å². The third-order valence-corrected chi connectivity index (χ3v) is 2.58. The van der Waals surface area contributed by atoms with Gasteiger partial charge in [0.15, 0.2) is 0 Å². The summed E-state index contributed by atoms with van der Waals surface area (Å²) in [5, 5.41) is 3.70. The molecule has 4 heteroatoms. The number of terminal acetylenes is 1. The van der Waals surface area contributed by atoms with E-state index < -0.39 is 0 Å². The molecule has 0 saturated heterocycles. The highest BCUT2D eigenvalue weighted by Gasteiger charge is 2.28. The fraction of sp³-hybridized carbons (Fsp3) is 0.500. The Hall–Kier alpha value is -1.76. The third-order valence-electron chi connectivity index (χ3n) is 2.58. The summed E-state index contributed by atoms with van der Waals surface area (Å²) in [5.74, 6) is 3.22. The lowest BCUT2D eigenvalue weighted by molar-refractivity contribution is 0.0728. The molecule has 0 spiro atoms. The minimum atomic E-state index is -0.162. The standard InChI is InChI=1S/C12H14N2O2/c1-3-6-14(8-10-4-5-10)12(15)11-7-9(2)13-16-11/h1,7,10H,4-6,8H2,2H3. The molecule has 84 valence electrons. The minimum Gasteiger partial charge on any atom is -0.351 e. The van der Waals surface area contributed by atoms with Crippen molar-refractivity contribution in [2.24, 2.45) is 5.92 Å². The van der Waals surface area contributed by atoms with Crippen LogP contribution in [-0.4, -0.2) is 29.1 Å². The van der Waals surface area contributed by atoms with Crippen molar-refractivity contribution >= 4 is 5.91 Å². The molecule has 0 aliphatic heterocycles. The number of amides is 1. The van der Waals surface area contributed by atoms with Gasteiger partial charge in [0.05, 0.1) is 12.2 Å². The lowest BCUT2D eigenvalue weighted by atomic mass is 10.3. The van der Waals surface area contributed by atoms with Gasteiger partial charge in [0.2, 0.25) is 5.76 Å². The van der Waals surface area contributed by atoms with Gasteiger partial charge >= 0.3 is 0 Å². The Labute approximate surface area is 94.6 Å². The second kappa shape index (κ2) is 4.40. The highest BCUT2D eigenvalue weighted by atomic mass is 16.5. The molecule has 1 heterocycles. The number of hydrogen-bond acceptors (Lipinski definition) is 3. The molecule has 1 aromatic heterocycles. The summed E-state index contributed by atoms with van der Waals surface area (Å²) in [6.45, 7) is 2.84. The first-order valence-corrected chi connectivity index (χ1v) is 5.36. The normalized spacial score (nSPS) is 14.5. The Morgan fingerprint density at radius 1 is 1.75 bits per heavy atom. The molecule has 2 rings (SSSR count). The van der Waals surface area contributed by atoms with Gasteiger partial charge in [0.1, 0.15) is 0 Å². The van der Waals surface area contributed by atoms with Crippen molar-refractivity contribution in [1.29, 1.82) is 0 Å². The Morgan fingerprint density at radius 2 is 2.50 bits per heavy atom. The zero-order valence-electron chi connectivity index (χ0n) is 9.27. The Balaban J connectivity index is 2.06. The van der Waals surface area contributed by atoms with Gasteiger partial charge in [0.25, 0.3) is 5.91 Å². The van der Waals surface area contributed by atoms with Crippen molar-refractivity contribution in [3.05, 3.63) is 17.5 Å². The van der Waals surface area contributed by atoms with Crippen LogP contribution in [0.2, 0.25) is 0 Å². The fourth-order valence-corrected chi connectivity index (χ4v) is 1.56. The van der Waals surface area contributed by atoms with Gasteiger partial charge < -0.3 is 9.42 Å². The lowest BCUT2D eigenvalue weighted by Gasteiger charge is -2.17. The van der Waals surface area contributed by atoms with Gasteiger partial charge in [-0.15, -0.1) is 6.42 Å². The minimum absolute atomic E-state index is 0.162. The zero-order chi connectivity index (χ0) is 11.5. The van der Waals surface area contributed by atoms with Crippen LogP contribution < -0.4 is 0 Å². The summed E-state index contributed by atoms with van der Waals surface area (Å²) in [5.41, 5.74) is 0.704. The number of aryl methyl sites for hydroxylation is 1. The SMILES string of the molecule is C#CCN(CC1CC1)C(=O)c1cc(C)no1. The molecule has 1 aliphatic carbocycles. The zero-order valence-corrected chi connectivity index (χ0v) is 9.27. The highest BCUT2D eigenvalue weighted by molar-refractivity contribution is 5.91. The monoisotopic (exact) mass is 218 g/mol. The van der Waals surface area contributed by atoms with Crippen LogP contribution >= 0.6 is 0 Å². The maximum atomic E-state index is 12.0. The van der Waals surface area contributed by atoms with E-state index in [4.69, 9.17) is 10.9 Å². The van der Waals surface area contributed by atoms with E-state index in [1.165, 1.54) is 12.8 Å². The van der Waals surface area contributed by atoms with Crippen LogP contribution in [0.25, 0.3) is 0 Å². The number of hydrogen-bond donors (Lipinski definition) is 0. The Morgan fingerprint density at radius 3 is 3.00 bits per heavy atom.